The number of carbonyl (C=O) groups is 1. The van der Waals surface area contributed by atoms with Gasteiger partial charge in [0.25, 0.3) is 5.91 Å². The van der Waals surface area contributed by atoms with Crippen LogP contribution < -0.4 is 4.90 Å². The molecule has 3 aromatic rings. The van der Waals surface area contributed by atoms with Crippen LogP contribution in [0.5, 0.6) is 0 Å². The number of amides is 1. The van der Waals surface area contributed by atoms with Crippen molar-refractivity contribution < 1.29 is 4.79 Å². The quantitative estimate of drug-likeness (QED) is 0.660. The fraction of sp³-hybridized carbons (Fsp3) is 0.292. The molecule has 0 N–H and O–H groups in total. The first kappa shape index (κ1) is 19.1. The normalized spacial score (nSPS) is 13.1. The number of rotatable bonds is 5. The summed E-state index contributed by atoms with van der Waals surface area (Å²) in [6.45, 7) is 4.28. The number of fused-ring (bicyclic) bond motifs is 1. The van der Waals surface area contributed by atoms with Crippen LogP contribution >= 0.6 is 0 Å². The summed E-state index contributed by atoms with van der Waals surface area (Å²) < 4.78 is 0. The molecule has 0 atom stereocenters. The molecule has 2 heterocycles. The summed E-state index contributed by atoms with van der Waals surface area (Å²) in [5, 5.41) is 0. The van der Waals surface area contributed by atoms with E-state index in [1.54, 1.807) is 0 Å². The highest BCUT2D eigenvalue weighted by molar-refractivity contribution is 5.94. The van der Waals surface area contributed by atoms with E-state index in [1.807, 2.05) is 65.6 Å². The average Bonchev–Trinajstić information content (AvgIpc) is 2.78. The largest absolute Gasteiger partial charge is 0.359 e. The summed E-state index contributed by atoms with van der Waals surface area (Å²) in [5.74, 6) is 1.75. The van der Waals surface area contributed by atoms with Crippen molar-refractivity contribution in [1.29, 1.82) is 0 Å². The van der Waals surface area contributed by atoms with Crippen LogP contribution in [0.4, 0.5) is 5.82 Å². The van der Waals surface area contributed by atoms with Crippen LogP contribution in [0.25, 0.3) is 11.4 Å². The second kappa shape index (κ2) is 8.43. The first-order chi connectivity index (χ1) is 14.2. The molecular weight excluding hydrogens is 360 g/mol. The van der Waals surface area contributed by atoms with Crippen LogP contribution in [0.3, 0.4) is 0 Å². The molecule has 0 saturated carbocycles. The van der Waals surface area contributed by atoms with Crippen molar-refractivity contribution in [3.05, 3.63) is 77.5 Å². The van der Waals surface area contributed by atoms with Gasteiger partial charge in [0.15, 0.2) is 5.82 Å². The first-order valence-corrected chi connectivity index (χ1v) is 10.2. The van der Waals surface area contributed by atoms with Gasteiger partial charge in [-0.25, -0.2) is 9.97 Å². The maximum Gasteiger partial charge on any atom is 0.254 e. The molecule has 0 fully saturated rings. The molecule has 0 aliphatic carbocycles. The van der Waals surface area contributed by atoms with Crippen LogP contribution in [-0.4, -0.2) is 40.9 Å². The molecule has 0 radical (unpaired) electrons. The predicted molar refractivity (Wildman–Crippen MR) is 116 cm³/mol. The third-order valence-electron chi connectivity index (χ3n) is 5.30. The fourth-order valence-electron chi connectivity index (χ4n) is 3.81. The van der Waals surface area contributed by atoms with Gasteiger partial charge < -0.3 is 9.80 Å². The number of carbonyl (C=O) groups excluding carboxylic acids is 1. The summed E-state index contributed by atoms with van der Waals surface area (Å²) in [6, 6.07) is 19.6. The molecule has 0 bridgehead atoms. The van der Waals surface area contributed by atoms with Crippen molar-refractivity contribution >= 4 is 11.7 Å². The van der Waals surface area contributed by atoms with Crippen LogP contribution in [0.1, 0.15) is 35.0 Å². The number of hydrogen-bond acceptors (Lipinski definition) is 4. The molecule has 5 heteroatoms. The molecule has 1 aromatic heterocycles. The number of aromatic nitrogens is 2. The van der Waals surface area contributed by atoms with Crippen molar-refractivity contribution in [2.45, 2.75) is 26.3 Å². The summed E-state index contributed by atoms with van der Waals surface area (Å²) >= 11 is 0. The summed E-state index contributed by atoms with van der Waals surface area (Å²) in [6.07, 6.45) is 1.77. The van der Waals surface area contributed by atoms with E-state index < -0.39 is 0 Å². The third kappa shape index (κ3) is 3.99. The van der Waals surface area contributed by atoms with Crippen LogP contribution in [-0.2, 0) is 13.0 Å². The minimum Gasteiger partial charge on any atom is -0.359 e. The van der Waals surface area contributed by atoms with Gasteiger partial charge >= 0.3 is 0 Å². The van der Waals surface area contributed by atoms with Gasteiger partial charge in [0.2, 0.25) is 0 Å². The Kier molecular flexibility index (Phi) is 5.56. The van der Waals surface area contributed by atoms with E-state index in [9.17, 15) is 4.79 Å². The Morgan fingerprint density at radius 3 is 2.41 bits per heavy atom. The summed E-state index contributed by atoms with van der Waals surface area (Å²) in [5.41, 5.74) is 3.86. The van der Waals surface area contributed by atoms with Gasteiger partial charge in [-0.05, 0) is 18.6 Å². The molecule has 2 aromatic carbocycles. The molecule has 0 saturated heterocycles. The smallest absolute Gasteiger partial charge is 0.254 e. The Morgan fingerprint density at radius 2 is 1.72 bits per heavy atom. The minimum atomic E-state index is 0.0625. The highest BCUT2D eigenvalue weighted by Gasteiger charge is 2.27. The van der Waals surface area contributed by atoms with E-state index in [1.165, 1.54) is 0 Å². The zero-order valence-electron chi connectivity index (χ0n) is 17.0. The number of nitrogens with zero attached hydrogens (tertiary/aromatic N) is 4. The fourth-order valence-corrected chi connectivity index (χ4v) is 3.81. The molecular formula is C24H26N4O. The lowest BCUT2D eigenvalue weighted by Gasteiger charge is -2.32. The van der Waals surface area contributed by atoms with E-state index in [-0.39, 0.29) is 5.91 Å². The van der Waals surface area contributed by atoms with Gasteiger partial charge in [0.05, 0.1) is 12.2 Å². The second-order valence-corrected chi connectivity index (χ2v) is 7.43. The van der Waals surface area contributed by atoms with Crippen molar-refractivity contribution in [2.24, 2.45) is 0 Å². The van der Waals surface area contributed by atoms with E-state index in [0.717, 1.165) is 53.4 Å². The molecule has 1 aliphatic heterocycles. The Balaban J connectivity index is 1.71. The van der Waals surface area contributed by atoms with Gasteiger partial charge in [0, 0.05) is 43.2 Å². The summed E-state index contributed by atoms with van der Waals surface area (Å²) in [4.78, 5) is 26.9. The van der Waals surface area contributed by atoms with Gasteiger partial charge in [-0.15, -0.1) is 0 Å². The van der Waals surface area contributed by atoms with Crippen molar-refractivity contribution in [2.75, 3.05) is 25.0 Å². The molecule has 1 amide bonds. The standard InChI is InChI=1S/C24H26N4O/c1-3-15-27(2)23-20-17-28(24(29)19-12-8-5-9-13-19)16-14-21(20)25-22(26-23)18-10-6-4-7-11-18/h4-13H,3,14-17H2,1-2H3. The zero-order valence-corrected chi connectivity index (χ0v) is 17.0. The van der Waals surface area contributed by atoms with Crippen molar-refractivity contribution in [1.82, 2.24) is 14.9 Å². The maximum atomic E-state index is 13.0. The Labute approximate surface area is 172 Å². The van der Waals surface area contributed by atoms with Gasteiger partial charge in [0.1, 0.15) is 5.82 Å². The average molecular weight is 386 g/mol. The van der Waals surface area contributed by atoms with Crippen LogP contribution in [0.2, 0.25) is 0 Å². The predicted octanol–water partition coefficient (Wildman–Crippen LogP) is 4.19. The van der Waals surface area contributed by atoms with Gasteiger partial charge in [-0.1, -0.05) is 55.5 Å². The van der Waals surface area contributed by atoms with Crippen molar-refractivity contribution in [3.8, 4) is 11.4 Å². The number of anilines is 1. The van der Waals surface area contributed by atoms with Gasteiger partial charge in [-0.3, -0.25) is 4.79 Å². The topological polar surface area (TPSA) is 49.3 Å². The molecule has 5 nitrogen and oxygen atoms in total. The molecule has 4 rings (SSSR count). The first-order valence-electron chi connectivity index (χ1n) is 10.2. The van der Waals surface area contributed by atoms with Crippen molar-refractivity contribution in [3.63, 3.8) is 0 Å². The lowest BCUT2D eigenvalue weighted by Crippen LogP contribution is -2.38. The number of benzene rings is 2. The lowest BCUT2D eigenvalue weighted by atomic mass is 10.0. The Hall–Kier alpha value is -3.21. The summed E-state index contributed by atoms with van der Waals surface area (Å²) in [7, 11) is 2.07. The highest BCUT2D eigenvalue weighted by Crippen LogP contribution is 2.30. The van der Waals surface area contributed by atoms with E-state index in [2.05, 4.69) is 18.9 Å². The molecule has 0 unspecified atom stereocenters. The van der Waals surface area contributed by atoms with E-state index in [4.69, 9.17) is 9.97 Å². The second-order valence-electron chi connectivity index (χ2n) is 7.43. The minimum absolute atomic E-state index is 0.0625. The SMILES string of the molecule is CCCN(C)c1nc(-c2ccccc2)nc2c1CN(C(=O)c1ccccc1)CC2. The third-order valence-corrected chi connectivity index (χ3v) is 5.30. The lowest BCUT2D eigenvalue weighted by molar-refractivity contribution is 0.0733. The molecule has 1 aliphatic rings. The highest BCUT2D eigenvalue weighted by atomic mass is 16.2. The van der Waals surface area contributed by atoms with E-state index in [0.29, 0.717) is 13.1 Å². The monoisotopic (exact) mass is 386 g/mol. The van der Waals surface area contributed by atoms with Gasteiger partial charge in [-0.2, -0.15) is 0 Å². The van der Waals surface area contributed by atoms with Crippen LogP contribution in [0, 0.1) is 0 Å². The maximum absolute atomic E-state index is 13.0. The molecule has 148 valence electrons. The van der Waals surface area contributed by atoms with E-state index >= 15 is 0 Å². The molecule has 29 heavy (non-hydrogen) atoms. The number of hydrogen-bond donors (Lipinski definition) is 0. The zero-order chi connectivity index (χ0) is 20.2. The Morgan fingerprint density at radius 1 is 1.03 bits per heavy atom. The molecule has 0 spiro atoms. The van der Waals surface area contributed by atoms with Crippen LogP contribution in [0.15, 0.2) is 60.7 Å². The Bertz CT molecular complexity index is 989.